The van der Waals surface area contributed by atoms with Gasteiger partial charge in [0.25, 0.3) is 5.91 Å². The number of benzene rings is 1. The van der Waals surface area contributed by atoms with Gasteiger partial charge in [0, 0.05) is 6.07 Å². The van der Waals surface area contributed by atoms with Gasteiger partial charge < -0.3 is 24.5 Å². The molecule has 2 heterocycles. The van der Waals surface area contributed by atoms with Crippen LogP contribution in [0.4, 0.5) is 17.2 Å². The second kappa shape index (κ2) is 7.39. The van der Waals surface area contributed by atoms with Crippen molar-refractivity contribution in [3.05, 3.63) is 60.7 Å². The molecule has 0 fully saturated rings. The first-order chi connectivity index (χ1) is 12.2. The van der Waals surface area contributed by atoms with Gasteiger partial charge in [-0.05, 0) is 36.4 Å². The van der Waals surface area contributed by atoms with Crippen LogP contribution < -0.4 is 20.1 Å². The number of furan rings is 1. The Bertz CT molecular complexity index is 845. The van der Waals surface area contributed by atoms with Crippen LogP contribution in [0, 0.1) is 0 Å². The molecule has 3 aromatic rings. The zero-order valence-electron chi connectivity index (χ0n) is 13.8. The highest BCUT2D eigenvalue weighted by molar-refractivity contribution is 6.02. The van der Waals surface area contributed by atoms with Gasteiger partial charge in [0.2, 0.25) is 0 Å². The maximum absolute atomic E-state index is 11.9. The van der Waals surface area contributed by atoms with Crippen molar-refractivity contribution in [1.29, 1.82) is 0 Å². The van der Waals surface area contributed by atoms with Gasteiger partial charge in [0.1, 0.15) is 17.3 Å². The van der Waals surface area contributed by atoms with Gasteiger partial charge >= 0.3 is 0 Å². The van der Waals surface area contributed by atoms with E-state index in [1.807, 2.05) is 12.1 Å². The quantitative estimate of drug-likeness (QED) is 0.712. The Kier molecular flexibility index (Phi) is 4.84. The molecule has 0 aliphatic heterocycles. The third-order valence-corrected chi connectivity index (χ3v) is 3.44. The minimum Gasteiger partial charge on any atom is -0.497 e. The van der Waals surface area contributed by atoms with Crippen LogP contribution in [0.2, 0.25) is 0 Å². The number of anilines is 3. The molecular weight excluding hydrogens is 322 g/mol. The van der Waals surface area contributed by atoms with E-state index in [1.165, 1.54) is 6.26 Å². The molecule has 2 N–H and O–H groups in total. The van der Waals surface area contributed by atoms with Gasteiger partial charge in [-0.1, -0.05) is 0 Å². The number of ether oxygens (including phenoxy) is 2. The summed E-state index contributed by atoms with van der Waals surface area (Å²) in [4.78, 5) is 16.2. The maximum Gasteiger partial charge on any atom is 0.291 e. The molecule has 0 saturated carbocycles. The summed E-state index contributed by atoms with van der Waals surface area (Å²) in [6.07, 6.45) is 3.00. The van der Waals surface area contributed by atoms with Crippen molar-refractivity contribution in [2.75, 3.05) is 24.9 Å². The first kappa shape index (κ1) is 16.4. The van der Waals surface area contributed by atoms with Gasteiger partial charge in [-0.3, -0.25) is 4.79 Å². The molecule has 128 valence electrons. The molecule has 0 atom stereocenters. The van der Waals surface area contributed by atoms with Crippen molar-refractivity contribution in [2.45, 2.75) is 0 Å². The Morgan fingerprint density at radius 2 is 2.00 bits per heavy atom. The highest BCUT2D eigenvalue weighted by Crippen LogP contribution is 2.31. The number of aromatic nitrogens is 1. The molecule has 2 aromatic heterocycles. The number of nitrogens with one attached hydrogen (secondary N) is 2. The average molecular weight is 339 g/mol. The fourth-order valence-electron chi connectivity index (χ4n) is 2.19. The Morgan fingerprint density at radius 3 is 2.64 bits per heavy atom. The van der Waals surface area contributed by atoms with Crippen LogP contribution in [0.25, 0.3) is 0 Å². The predicted molar refractivity (Wildman–Crippen MR) is 93.7 cm³/mol. The first-order valence-electron chi connectivity index (χ1n) is 7.49. The van der Waals surface area contributed by atoms with E-state index in [2.05, 4.69) is 15.6 Å². The molecule has 0 aliphatic rings. The molecule has 0 spiro atoms. The van der Waals surface area contributed by atoms with E-state index in [4.69, 9.17) is 13.9 Å². The second-order valence-electron chi connectivity index (χ2n) is 5.05. The number of methoxy groups -OCH3 is 2. The van der Waals surface area contributed by atoms with Crippen LogP contribution in [0.5, 0.6) is 11.5 Å². The van der Waals surface area contributed by atoms with Crippen LogP contribution in [0.1, 0.15) is 10.6 Å². The van der Waals surface area contributed by atoms with Crippen molar-refractivity contribution < 1.29 is 18.7 Å². The summed E-state index contributed by atoms with van der Waals surface area (Å²) in [5, 5.41) is 5.87. The molecule has 0 unspecified atom stereocenters. The summed E-state index contributed by atoms with van der Waals surface area (Å²) in [6.45, 7) is 0. The van der Waals surface area contributed by atoms with E-state index < -0.39 is 0 Å². The number of carbonyl (C=O) groups excluding carboxylic acids is 1. The number of hydrogen-bond acceptors (Lipinski definition) is 6. The zero-order valence-corrected chi connectivity index (χ0v) is 13.8. The smallest absolute Gasteiger partial charge is 0.291 e. The third kappa shape index (κ3) is 3.89. The SMILES string of the molecule is COc1ccc(OC)c(Nc2ccc(NC(=O)c3ccco3)cn2)c1. The summed E-state index contributed by atoms with van der Waals surface area (Å²) >= 11 is 0. The third-order valence-electron chi connectivity index (χ3n) is 3.44. The normalized spacial score (nSPS) is 10.2. The topological polar surface area (TPSA) is 85.6 Å². The van der Waals surface area contributed by atoms with Crippen LogP contribution in [0.3, 0.4) is 0 Å². The molecule has 0 aliphatic carbocycles. The van der Waals surface area contributed by atoms with E-state index in [0.717, 1.165) is 5.69 Å². The van der Waals surface area contributed by atoms with Crippen molar-refractivity contribution in [1.82, 2.24) is 4.98 Å². The molecule has 7 heteroatoms. The van der Waals surface area contributed by atoms with Gasteiger partial charge in [0.05, 0.1) is 38.1 Å². The average Bonchev–Trinajstić information content (AvgIpc) is 3.18. The molecule has 0 radical (unpaired) electrons. The maximum atomic E-state index is 11.9. The van der Waals surface area contributed by atoms with Crippen LogP contribution in [-0.4, -0.2) is 25.1 Å². The second-order valence-corrected chi connectivity index (χ2v) is 5.05. The summed E-state index contributed by atoms with van der Waals surface area (Å²) < 4.78 is 15.6. The fourth-order valence-corrected chi connectivity index (χ4v) is 2.19. The molecule has 1 aromatic carbocycles. The lowest BCUT2D eigenvalue weighted by atomic mass is 10.2. The van der Waals surface area contributed by atoms with E-state index in [-0.39, 0.29) is 11.7 Å². The van der Waals surface area contributed by atoms with E-state index in [0.29, 0.717) is 23.0 Å². The summed E-state index contributed by atoms with van der Waals surface area (Å²) in [6, 6.07) is 12.2. The molecular formula is C18H17N3O4. The number of nitrogens with zero attached hydrogens (tertiary/aromatic N) is 1. The Labute approximate surface area is 144 Å². The lowest BCUT2D eigenvalue weighted by molar-refractivity contribution is 0.0996. The molecule has 7 nitrogen and oxygen atoms in total. The van der Waals surface area contributed by atoms with Crippen LogP contribution >= 0.6 is 0 Å². The summed E-state index contributed by atoms with van der Waals surface area (Å²) in [7, 11) is 3.19. The number of carbonyl (C=O) groups is 1. The molecule has 1 amide bonds. The monoisotopic (exact) mass is 339 g/mol. The van der Waals surface area contributed by atoms with Crippen molar-refractivity contribution in [3.8, 4) is 11.5 Å². The Hall–Kier alpha value is -3.48. The van der Waals surface area contributed by atoms with Crippen LogP contribution in [0.15, 0.2) is 59.3 Å². The van der Waals surface area contributed by atoms with E-state index in [9.17, 15) is 4.79 Å². The highest BCUT2D eigenvalue weighted by Gasteiger charge is 2.10. The Morgan fingerprint density at radius 1 is 1.12 bits per heavy atom. The van der Waals surface area contributed by atoms with Crippen LogP contribution in [-0.2, 0) is 0 Å². The largest absolute Gasteiger partial charge is 0.497 e. The standard InChI is InChI=1S/C18H17N3O4/c1-23-13-6-7-15(24-2)14(10-13)21-17-8-5-12(11-19-17)20-18(22)16-4-3-9-25-16/h3-11H,1-2H3,(H,19,21)(H,20,22). The van der Waals surface area contributed by atoms with E-state index in [1.54, 1.807) is 50.7 Å². The summed E-state index contributed by atoms with van der Waals surface area (Å²) in [5.41, 5.74) is 1.28. The zero-order chi connectivity index (χ0) is 17.6. The lowest BCUT2D eigenvalue weighted by Crippen LogP contribution is -2.11. The fraction of sp³-hybridized carbons (Fsp3) is 0.111. The van der Waals surface area contributed by atoms with Crippen molar-refractivity contribution in [3.63, 3.8) is 0 Å². The van der Waals surface area contributed by atoms with Gasteiger partial charge in [-0.25, -0.2) is 4.98 Å². The molecule has 0 bridgehead atoms. The predicted octanol–water partition coefficient (Wildman–Crippen LogP) is 3.69. The number of hydrogen-bond donors (Lipinski definition) is 2. The summed E-state index contributed by atoms with van der Waals surface area (Å²) in [5.74, 6) is 1.87. The van der Waals surface area contributed by atoms with Crippen molar-refractivity contribution in [2.24, 2.45) is 0 Å². The number of amides is 1. The minimum atomic E-state index is -0.332. The van der Waals surface area contributed by atoms with Gasteiger partial charge in [0.15, 0.2) is 5.76 Å². The Balaban J connectivity index is 1.71. The number of pyridine rings is 1. The van der Waals surface area contributed by atoms with Gasteiger partial charge in [-0.15, -0.1) is 0 Å². The molecule has 0 saturated heterocycles. The van der Waals surface area contributed by atoms with Crippen molar-refractivity contribution >= 4 is 23.1 Å². The van der Waals surface area contributed by atoms with Gasteiger partial charge in [-0.2, -0.15) is 0 Å². The first-order valence-corrected chi connectivity index (χ1v) is 7.49. The molecule has 3 rings (SSSR count). The lowest BCUT2D eigenvalue weighted by Gasteiger charge is -2.12. The minimum absolute atomic E-state index is 0.239. The highest BCUT2D eigenvalue weighted by atomic mass is 16.5. The molecule has 25 heavy (non-hydrogen) atoms. The van der Waals surface area contributed by atoms with E-state index >= 15 is 0 Å². The number of rotatable bonds is 6.